The van der Waals surface area contributed by atoms with Gasteiger partial charge in [-0.3, -0.25) is 4.90 Å². The van der Waals surface area contributed by atoms with Crippen LogP contribution in [0.1, 0.15) is 5.56 Å². The van der Waals surface area contributed by atoms with Crippen LogP contribution >= 0.6 is 0 Å². The zero-order valence-electron chi connectivity index (χ0n) is 8.32. The first kappa shape index (κ1) is 8.45. The standard InChI is InChI=1S/C12H16N2/c1-2-4-10(5-3-1)7-14-8-11-6-13-12(11)9-14/h1-5,11-13H,6-9H2/t11-,12+/m1/s1. The van der Waals surface area contributed by atoms with E-state index in [0.29, 0.717) is 0 Å². The highest BCUT2D eigenvalue weighted by Crippen LogP contribution is 2.24. The molecule has 0 radical (unpaired) electrons. The maximum atomic E-state index is 3.48. The minimum atomic E-state index is 0.790. The lowest BCUT2D eigenvalue weighted by Gasteiger charge is -2.30. The highest BCUT2D eigenvalue weighted by molar-refractivity contribution is 5.15. The molecule has 1 N–H and O–H groups in total. The van der Waals surface area contributed by atoms with Crippen LogP contribution in [0.15, 0.2) is 30.3 Å². The average Bonchev–Trinajstić information content (AvgIpc) is 2.46. The van der Waals surface area contributed by atoms with Gasteiger partial charge in [-0.15, -0.1) is 0 Å². The second-order valence-electron chi connectivity index (χ2n) is 4.45. The SMILES string of the molecule is c1ccc(CN2C[C@H]3CN[C@H]3C2)cc1. The van der Waals surface area contributed by atoms with Crippen molar-refractivity contribution in [2.24, 2.45) is 5.92 Å². The van der Waals surface area contributed by atoms with E-state index in [2.05, 4.69) is 40.5 Å². The van der Waals surface area contributed by atoms with E-state index in [4.69, 9.17) is 0 Å². The molecule has 0 aromatic heterocycles. The van der Waals surface area contributed by atoms with Crippen molar-refractivity contribution >= 4 is 0 Å². The number of hydrogen-bond donors (Lipinski definition) is 1. The summed E-state index contributed by atoms with van der Waals surface area (Å²) in [6.45, 7) is 4.87. The molecule has 0 bridgehead atoms. The number of rotatable bonds is 2. The molecule has 3 rings (SSSR count). The summed E-state index contributed by atoms with van der Waals surface area (Å²) in [4.78, 5) is 2.56. The molecule has 1 aromatic rings. The van der Waals surface area contributed by atoms with Gasteiger partial charge in [0.2, 0.25) is 0 Å². The summed E-state index contributed by atoms with van der Waals surface area (Å²) in [5.74, 6) is 0.929. The van der Waals surface area contributed by atoms with E-state index in [-0.39, 0.29) is 0 Å². The van der Waals surface area contributed by atoms with E-state index < -0.39 is 0 Å². The predicted molar refractivity (Wildman–Crippen MR) is 57.0 cm³/mol. The van der Waals surface area contributed by atoms with Crippen LogP contribution in [0.3, 0.4) is 0 Å². The van der Waals surface area contributed by atoms with E-state index in [1.165, 1.54) is 25.2 Å². The first-order valence-corrected chi connectivity index (χ1v) is 5.41. The first-order valence-electron chi connectivity index (χ1n) is 5.41. The quantitative estimate of drug-likeness (QED) is 0.747. The number of fused-ring (bicyclic) bond motifs is 1. The monoisotopic (exact) mass is 188 g/mol. The van der Waals surface area contributed by atoms with Gasteiger partial charge in [-0.1, -0.05) is 30.3 Å². The van der Waals surface area contributed by atoms with E-state index in [1.54, 1.807) is 0 Å². The Morgan fingerprint density at radius 3 is 2.64 bits per heavy atom. The molecule has 2 aliphatic heterocycles. The molecular weight excluding hydrogens is 172 g/mol. The molecule has 2 heteroatoms. The van der Waals surface area contributed by atoms with E-state index in [9.17, 15) is 0 Å². The molecule has 0 aliphatic carbocycles. The summed E-state index contributed by atoms with van der Waals surface area (Å²) >= 11 is 0. The van der Waals surface area contributed by atoms with Crippen molar-refractivity contribution < 1.29 is 0 Å². The van der Waals surface area contributed by atoms with Crippen LogP contribution in [0.25, 0.3) is 0 Å². The van der Waals surface area contributed by atoms with Crippen LogP contribution in [0.2, 0.25) is 0 Å². The van der Waals surface area contributed by atoms with Gasteiger partial charge in [-0.05, 0) is 5.56 Å². The summed E-state index contributed by atoms with van der Waals surface area (Å²) in [7, 11) is 0. The molecule has 2 atom stereocenters. The zero-order chi connectivity index (χ0) is 9.38. The Morgan fingerprint density at radius 2 is 2.07 bits per heavy atom. The molecule has 0 unspecified atom stereocenters. The Labute approximate surface area is 84.9 Å². The van der Waals surface area contributed by atoms with E-state index >= 15 is 0 Å². The van der Waals surface area contributed by atoms with Crippen LogP contribution < -0.4 is 5.32 Å². The normalized spacial score (nSPS) is 31.1. The van der Waals surface area contributed by atoms with Crippen molar-refractivity contribution in [3.63, 3.8) is 0 Å². The molecule has 74 valence electrons. The lowest BCUT2D eigenvalue weighted by Crippen LogP contribution is -2.51. The number of hydrogen-bond acceptors (Lipinski definition) is 2. The molecule has 2 heterocycles. The Kier molecular flexibility index (Phi) is 2.03. The largest absolute Gasteiger partial charge is 0.312 e. The molecule has 14 heavy (non-hydrogen) atoms. The minimum absolute atomic E-state index is 0.790. The maximum absolute atomic E-state index is 3.48. The maximum Gasteiger partial charge on any atom is 0.0247 e. The van der Waals surface area contributed by atoms with Crippen LogP contribution in [-0.4, -0.2) is 30.6 Å². The number of nitrogens with zero attached hydrogens (tertiary/aromatic N) is 1. The van der Waals surface area contributed by atoms with Gasteiger partial charge < -0.3 is 5.32 Å². The fraction of sp³-hybridized carbons (Fsp3) is 0.500. The van der Waals surface area contributed by atoms with Crippen LogP contribution in [0, 0.1) is 5.92 Å². The number of nitrogens with one attached hydrogen (secondary N) is 1. The molecule has 2 aliphatic rings. The Balaban J connectivity index is 1.63. The summed E-state index contributed by atoms with van der Waals surface area (Å²) < 4.78 is 0. The smallest absolute Gasteiger partial charge is 0.0247 e. The fourth-order valence-electron chi connectivity index (χ4n) is 2.51. The van der Waals surface area contributed by atoms with Gasteiger partial charge in [0.25, 0.3) is 0 Å². The molecule has 0 spiro atoms. The molecule has 2 saturated heterocycles. The third kappa shape index (κ3) is 1.45. The van der Waals surface area contributed by atoms with Gasteiger partial charge >= 0.3 is 0 Å². The second-order valence-corrected chi connectivity index (χ2v) is 4.45. The summed E-state index contributed by atoms with van der Waals surface area (Å²) in [6, 6.07) is 11.6. The molecular formula is C12H16N2. The van der Waals surface area contributed by atoms with Crippen LogP contribution in [0.5, 0.6) is 0 Å². The van der Waals surface area contributed by atoms with Crippen LogP contribution in [0.4, 0.5) is 0 Å². The summed E-state index contributed by atoms with van der Waals surface area (Å²) in [5, 5.41) is 3.48. The highest BCUT2D eigenvalue weighted by Gasteiger charge is 2.38. The first-order chi connectivity index (χ1) is 6.92. The summed E-state index contributed by atoms with van der Waals surface area (Å²) in [6.07, 6.45) is 0. The Hall–Kier alpha value is -0.860. The Morgan fingerprint density at radius 1 is 1.21 bits per heavy atom. The summed E-state index contributed by atoms with van der Waals surface area (Å²) in [5.41, 5.74) is 1.44. The zero-order valence-corrected chi connectivity index (χ0v) is 8.32. The van der Waals surface area contributed by atoms with Crippen molar-refractivity contribution in [2.45, 2.75) is 12.6 Å². The van der Waals surface area contributed by atoms with E-state index in [0.717, 1.165) is 18.5 Å². The predicted octanol–water partition coefficient (Wildman–Crippen LogP) is 1.09. The van der Waals surface area contributed by atoms with Gasteiger partial charge in [0.1, 0.15) is 0 Å². The van der Waals surface area contributed by atoms with E-state index in [1.807, 2.05) is 0 Å². The third-order valence-corrected chi connectivity index (χ3v) is 3.41. The molecule has 0 saturated carbocycles. The van der Waals surface area contributed by atoms with Gasteiger partial charge in [0.05, 0.1) is 0 Å². The molecule has 2 nitrogen and oxygen atoms in total. The van der Waals surface area contributed by atoms with Gasteiger partial charge in [0, 0.05) is 38.1 Å². The topological polar surface area (TPSA) is 15.3 Å². The van der Waals surface area contributed by atoms with Gasteiger partial charge in [-0.25, -0.2) is 0 Å². The van der Waals surface area contributed by atoms with Crippen molar-refractivity contribution in [1.29, 1.82) is 0 Å². The van der Waals surface area contributed by atoms with Crippen molar-refractivity contribution in [1.82, 2.24) is 10.2 Å². The number of likely N-dealkylation sites (tertiary alicyclic amines) is 1. The molecule has 0 amide bonds. The van der Waals surface area contributed by atoms with Gasteiger partial charge in [-0.2, -0.15) is 0 Å². The highest BCUT2D eigenvalue weighted by atomic mass is 15.2. The third-order valence-electron chi connectivity index (χ3n) is 3.41. The molecule has 1 aromatic carbocycles. The lowest BCUT2D eigenvalue weighted by atomic mass is 9.96. The average molecular weight is 188 g/mol. The van der Waals surface area contributed by atoms with Gasteiger partial charge in [0.15, 0.2) is 0 Å². The fourth-order valence-corrected chi connectivity index (χ4v) is 2.51. The van der Waals surface area contributed by atoms with Crippen LogP contribution in [-0.2, 0) is 6.54 Å². The second kappa shape index (κ2) is 3.37. The minimum Gasteiger partial charge on any atom is -0.312 e. The molecule has 2 fully saturated rings. The lowest BCUT2D eigenvalue weighted by molar-refractivity contribution is 0.295. The Bertz CT molecular complexity index is 297. The van der Waals surface area contributed by atoms with Crippen molar-refractivity contribution in [2.75, 3.05) is 19.6 Å². The van der Waals surface area contributed by atoms with Crippen molar-refractivity contribution in [3.05, 3.63) is 35.9 Å². The number of benzene rings is 1. The van der Waals surface area contributed by atoms with Crippen molar-refractivity contribution in [3.8, 4) is 0 Å².